The van der Waals surface area contributed by atoms with E-state index in [9.17, 15) is 0 Å². The fourth-order valence-corrected chi connectivity index (χ4v) is 2.10. The van der Waals surface area contributed by atoms with Crippen molar-refractivity contribution in [3.05, 3.63) is 12.2 Å². The molecule has 1 aliphatic carbocycles. The molecule has 0 saturated heterocycles. The first-order valence-corrected chi connectivity index (χ1v) is 6.58. The number of rotatable bonds is 3. The molecule has 0 radical (unpaired) electrons. The highest BCUT2D eigenvalue weighted by molar-refractivity contribution is 5.81. The summed E-state index contributed by atoms with van der Waals surface area (Å²) in [4.78, 5) is 13.4. The summed E-state index contributed by atoms with van der Waals surface area (Å²) in [6, 6.07) is 0.358. The number of fused-ring (bicyclic) bond motifs is 1. The average Bonchev–Trinajstić information content (AvgIpc) is 3.08. The molecule has 1 unspecified atom stereocenters. The van der Waals surface area contributed by atoms with Crippen molar-refractivity contribution in [2.24, 2.45) is 5.92 Å². The van der Waals surface area contributed by atoms with Crippen molar-refractivity contribution in [1.29, 1.82) is 0 Å². The summed E-state index contributed by atoms with van der Waals surface area (Å²) < 4.78 is 2.12. The number of anilines is 1. The lowest BCUT2D eigenvalue weighted by atomic mass is 10.1. The minimum absolute atomic E-state index is 0.358. The minimum Gasteiger partial charge on any atom is -0.382 e. The van der Waals surface area contributed by atoms with Crippen LogP contribution in [0.15, 0.2) is 6.33 Å². The van der Waals surface area contributed by atoms with Gasteiger partial charge >= 0.3 is 0 Å². The zero-order valence-corrected chi connectivity index (χ0v) is 11.1. The zero-order valence-electron chi connectivity index (χ0n) is 11.1. The van der Waals surface area contributed by atoms with E-state index in [0.717, 1.165) is 17.0 Å². The third kappa shape index (κ3) is 1.74. The Hall–Kier alpha value is -1.65. The molecule has 2 aromatic rings. The van der Waals surface area contributed by atoms with E-state index >= 15 is 0 Å². The topological polar surface area (TPSA) is 69.6 Å². The molecule has 2 aromatic heterocycles. The van der Waals surface area contributed by atoms with Crippen LogP contribution in [0.5, 0.6) is 0 Å². The SMILES string of the molecule is CC(C)C(C)n1cnc2c(N)nc(C3CC3)nc21. The Morgan fingerprint density at radius 2 is 2.00 bits per heavy atom. The average molecular weight is 245 g/mol. The summed E-state index contributed by atoms with van der Waals surface area (Å²) >= 11 is 0. The molecule has 0 aromatic carbocycles. The van der Waals surface area contributed by atoms with E-state index < -0.39 is 0 Å². The van der Waals surface area contributed by atoms with Gasteiger partial charge in [0.1, 0.15) is 11.3 Å². The molecule has 2 heterocycles. The Kier molecular flexibility index (Phi) is 2.50. The molecular weight excluding hydrogens is 226 g/mol. The molecule has 3 rings (SSSR count). The second-order valence-electron chi connectivity index (χ2n) is 5.55. The van der Waals surface area contributed by atoms with Crippen LogP contribution in [0.1, 0.15) is 51.4 Å². The summed E-state index contributed by atoms with van der Waals surface area (Å²) in [6.07, 6.45) is 4.19. The largest absolute Gasteiger partial charge is 0.382 e. The Morgan fingerprint density at radius 1 is 1.28 bits per heavy atom. The van der Waals surface area contributed by atoms with E-state index in [4.69, 9.17) is 5.73 Å². The smallest absolute Gasteiger partial charge is 0.166 e. The van der Waals surface area contributed by atoms with Gasteiger partial charge in [0.15, 0.2) is 11.5 Å². The van der Waals surface area contributed by atoms with Gasteiger partial charge in [-0.25, -0.2) is 15.0 Å². The summed E-state index contributed by atoms with van der Waals surface area (Å²) in [6.45, 7) is 6.58. The molecule has 0 spiro atoms. The summed E-state index contributed by atoms with van der Waals surface area (Å²) in [5.74, 6) is 2.44. The van der Waals surface area contributed by atoms with Crippen LogP contribution in [-0.2, 0) is 0 Å². The molecule has 5 heteroatoms. The van der Waals surface area contributed by atoms with E-state index in [-0.39, 0.29) is 0 Å². The molecule has 0 amide bonds. The van der Waals surface area contributed by atoms with Gasteiger partial charge in [-0.3, -0.25) is 0 Å². The third-order valence-electron chi connectivity index (χ3n) is 3.81. The highest BCUT2D eigenvalue weighted by atomic mass is 15.2. The van der Waals surface area contributed by atoms with Crippen LogP contribution >= 0.6 is 0 Å². The number of aromatic nitrogens is 4. The number of nitrogens with two attached hydrogens (primary N) is 1. The zero-order chi connectivity index (χ0) is 12.9. The maximum atomic E-state index is 5.99. The standard InChI is InChI=1S/C13H19N5/c1-7(2)8(3)18-6-15-10-11(14)16-12(9-4-5-9)17-13(10)18/h6-9H,4-5H2,1-3H3,(H2,14,16,17). The van der Waals surface area contributed by atoms with E-state index in [2.05, 4.69) is 40.3 Å². The Morgan fingerprint density at radius 3 is 2.61 bits per heavy atom. The van der Waals surface area contributed by atoms with Crippen molar-refractivity contribution in [2.45, 2.75) is 45.6 Å². The van der Waals surface area contributed by atoms with E-state index in [0.29, 0.717) is 23.7 Å². The maximum Gasteiger partial charge on any atom is 0.166 e. The number of imidazole rings is 1. The van der Waals surface area contributed by atoms with Gasteiger partial charge in [-0.2, -0.15) is 0 Å². The Bertz CT molecular complexity index is 582. The van der Waals surface area contributed by atoms with Crippen LogP contribution in [0.3, 0.4) is 0 Å². The summed E-state index contributed by atoms with van der Waals surface area (Å²) in [5, 5.41) is 0. The van der Waals surface area contributed by atoms with Crippen LogP contribution in [0, 0.1) is 5.92 Å². The lowest BCUT2D eigenvalue weighted by molar-refractivity contribution is 0.414. The number of nitrogens with zero attached hydrogens (tertiary/aromatic N) is 4. The van der Waals surface area contributed by atoms with Gasteiger partial charge in [-0.05, 0) is 25.7 Å². The highest BCUT2D eigenvalue weighted by Crippen LogP contribution is 2.39. The van der Waals surface area contributed by atoms with Crippen molar-refractivity contribution in [2.75, 3.05) is 5.73 Å². The van der Waals surface area contributed by atoms with E-state index in [1.807, 2.05) is 6.33 Å². The third-order valence-corrected chi connectivity index (χ3v) is 3.81. The van der Waals surface area contributed by atoms with Crippen LogP contribution in [-0.4, -0.2) is 19.5 Å². The van der Waals surface area contributed by atoms with Crippen molar-refractivity contribution in [3.63, 3.8) is 0 Å². The maximum absolute atomic E-state index is 5.99. The van der Waals surface area contributed by atoms with Gasteiger partial charge in [-0.1, -0.05) is 13.8 Å². The second-order valence-corrected chi connectivity index (χ2v) is 5.55. The molecule has 1 atom stereocenters. The number of hydrogen-bond acceptors (Lipinski definition) is 4. The van der Waals surface area contributed by atoms with Gasteiger partial charge in [0, 0.05) is 12.0 Å². The highest BCUT2D eigenvalue weighted by Gasteiger charge is 2.28. The number of nitrogen functional groups attached to an aromatic ring is 1. The molecule has 18 heavy (non-hydrogen) atoms. The molecular formula is C13H19N5. The van der Waals surface area contributed by atoms with Gasteiger partial charge in [-0.15, -0.1) is 0 Å². The second kappa shape index (κ2) is 3.93. The van der Waals surface area contributed by atoms with Crippen molar-refractivity contribution in [1.82, 2.24) is 19.5 Å². The lowest BCUT2D eigenvalue weighted by Crippen LogP contribution is -2.12. The van der Waals surface area contributed by atoms with Crippen molar-refractivity contribution in [3.8, 4) is 0 Å². The predicted molar refractivity (Wildman–Crippen MR) is 71.3 cm³/mol. The summed E-state index contributed by atoms with van der Waals surface area (Å²) in [5.41, 5.74) is 7.59. The van der Waals surface area contributed by atoms with Crippen LogP contribution in [0.4, 0.5) is 5.82 Å². The molecule has 1 saturated carbocycles. The van der Waals surface area contributed by atoms with Gasteiger partial charge in [0.25, 0.3) is 0 Å². The van der Waals surface area contributed by atoms with Crippen molar-refractivity contribution >= 4 is 17.0 Å². The van der Waals surface area contributed by atoms with E-state index in [1.54, 1.807) is 0 Å². The first-order chi connectivity index (χ1) is 8.58. The number of hydrogen-bond donors (Lipinski definition) is 1. The normalized spacial score (nSPS) is 17.6. The molecule has 96 valence electrons. The van der Waals surface area contributed by atoms with Crippen LogP contribution in [0.25, 0.3) is 11.2 Å². The van der Waals surface area contributed by atoms with Gasteiger partial charge < -0.3 is 10.3 Å². The van der Waals surface area contributed by atoms with Gasteiger partial charge in [0.05, 0.1) is 6.33 Å². The molecule has 0 bridgehead atoms. The lowest BCUT2D eigenvalue weighted by Gasteiger charge is -2.17. The molecule has 1 aliphatic rings. The fourth-order valence-electron chi connectivity index (χ4n) is 2.10. The summed E-state index contributed by atoms with van der Waals surface area (Å²) in [7, 11) is 0. The predicted octanol–water partition coefficient (Wildman–Crippen LogP) is 2.50. The Labute approximate surface area is 106 Å². The fraction of sp³-hybridized carbons (Fsp3) is 0.615. The van der Waals surface area contributed by atoms with Gasteiger partial charge in [0.2, 0.25) is 0 Å². The molecule has 1 fully saturated rings. The van der Waals surface area contributed by atoms with Crippen LogP contribution < -0.4 is 5.73 Å². The Balaban J connectivity index is 2.15. The van der Waals surface area contributed by atoms with Crippen LogP contribution in [0.2, 0.25) is 0 Å². The van der Waals surface area contributed by atoms with E-state index in [1.165, 1.54) is 12.8 Å². The minimum atomic E-state index is 0.358. The monoisotopic (exact) mass is 245 g/mol. The van der Waals surface area contributed by atoms with Crippen molar-refractivity contribution < 1.29 is 0 Å². The molecule has 5 nitrogen and oxygen atoms in total. The first kappa shape index (κ1) is 11.4. The molecule has 0 aliphatic heterocycles. The quantitative estimate of drug-likeness (QED) is 0.902. The molecule has 2 N–H and O–H groups in total. The first-order valence-electron chi connectivity index (χ1n) is 6.58.